The zero-order chi connectivity index (χ0) is 18.9. The van der Waals surface area contributed by atoms with Crippen LogP contribution in [0.25, 0.3) is 0 Å². The van der Waals surface area contributed by atoms with Crippen LogP contribution in [-0.2, 0) is 14.3 Å². The summed E-state index contributed by atoms with van der Waals surface area (Å²) in [4.78, 5) is 39.2. The Morgan fingerprint density at radius 2 is 1.67 bits per heavy atom. The highest BCUT2D eigenvalue weighted by Gasteiger charge is 2.56. The van der Waals surface area contributed by atoms with Crippen molar-refractivity contribution in [1.82, 2.24) is 9.80 Å². The van der Waals surface area contributed by atoms with E-state index in [-0.39, 0.29) is 11.8 Å². The van der Waals surface area contributed by atoms with Crippen LogP contribution < -0.4 is 0 Å². The van der Waals surface area contributed by atoms with Gasteiger partial charge in [-0.05, 0) is 46.0 Å². The van der Waals surface area contributed by atoms with Crippen LogP contribution in [0.2, 0.25) is 0 Å². The van der Waals surface area contributed by atoms with Crippen LogP contribution in [0, 0.1) is 5.92 Å². The standard InChI is InChI=1S/C17H30N2O5/c1-11(2)10-12(18(6)15(23)24-16(3,4)5)13(20)19(7)17(8-9-17)14(21)22/h11-12H,8-10H2,1-7H3,(H,21,22). The summed E-state index contributed by atoms with van der Waals surface area (Å²) in [5.41, 5.74) is -1.79. The summed E-state index contributed by atoms with van der Waals surface area (Å²) in [6, 6.07) is -0.748. The maximum atomic E-state index is 12.9. The van der Waals surface area contributed by atoms with E-state index in [4.69, 9.17) is 4.74 Å². The quantitative estimate of drug-likeness (QED) is 0.800. The number of nitrogens with zero attached hydrogens (tertiary/aromatic N) is 2. The SMILES string of the molecule is CC(C)CC(C(=O)N(C)C1(C(=O)O)CC1)N(C)C(=O)OC(C)(C)C. The van der Waals surface area contributed by atoms with E-state index in [9.17, 15) is 19.5 Å². The number of aliphatic carboxylic acids is 1. The molecule has 0 spiro atoms. The third-order valence-corrected chi connectivity index (χ3v) is 4.22. The van der Waals surface area contributed by atoms with Gasteiger partial charge in [0.25, 0.3) is 0 Å². The van der Waals surface area contributed by atoms with E-state index in [0.717, 1.165) is 0 Å². The van der Waals surface area contributed by atoms with E-state index in [1.165, 1.54) is 23.9 Å². The molecule has 7 nitrogen and oxygen atoms in total. The lowest BCUT2D eigenvalue weighted by Crippen LogP contribution is -2.54. The normalized spacial score (nSPS) is 17.2. The number of carbonyl (C=O) groups excluding carboxylic acids is 2. The molecule has 2 amide bonds. The van der Waals surface area contributed by atoms with Crippen molar-refractivity contribution in [3.8, 4) is 0 Å². The zero-order valence-corrected chi connectivity index (χ0v) is 15.8. The minimum absolute atomic E-state index is 0.164. The lowest BCUT2D eigenvalue weighted by Gasteiger charge is -2.35. The highest BCUT2D eigenvalue weighted by molar-refractivity contribution is 5.92. The van der Waals surface area contributed by atoms with Crippen molar-refractivity contribution in [1.29, 1.82) is 0 Å². The maximum Gasteiger partial charge on any atom is 0.410 e. The summed E-state index contributed by atoms with van der Waals surface area (Å²) in [6.07, 6.45) is 0.730. The fourth-order valence-electron chi connectivity index (χ4n) is 2.58. The van der Waals surface area contributed by atoms with Gasteiger partial charge in [-0.15, -0.1) is 0 Å². The lowest BCUT2D eigenvalue weighted by atomic mass is 10.0. The van der Waals surface area contributed by atoms with Gasteiger partial charge in [0.1, 0.15) is 17.2 Å². The van der Waals surface area contributed by atoms with Crippen LogP contribution in [0.1, 0.15) is 53.9 Å². The number of carboxylic acids is 1. The first-order chi connectivity index (χ1) is 10.8. The van der Waals surface area contributed by atoms with E-state index in [0.29, 0.717) is 19.3 Å². The van der Waals surface area contributed by atoms with Gasteiger partial charge in [0.05, 0.1) is 0 Å². The highest BCUT2D eigenvalue weighted by Crippen LogP contribution is 2.41. The number of rotatable bonds is 6. The number of carbonyl (C=O) groups is 3. The Hall–Kier alpha value is -1.79. The highest BCUT2D eigenvalue weighted by atomic mass is 16.6. The summed E-state index contributed by atoms with van der Waals surface area (Å²) in [7, 11) is 3.02. The lowest BCUT2D eigenvalue weighted by molar-refractivity contribution is -0.153. The Balaban J connectivity index is 2.97. The average molecular weight is 342 g/mol. The van der Waals surface area contributed by atoms with Crippen molar-refractivity contribution in [3.05, 3.63) is 0 Å². The topological polar surface area (TPSA) is 87.2 Å². The molecule has 1 rings (SSSR count). The molecule has 0 radical (unpaired) electrons. The number of hydrogen-bond acceptors (Lipinski definition) is 4. The van der Waals surface area contributed by atoms with E-state index in [1.54, 1.807) is 20.8 Å². The van der Waals surface area contributed by atoms with Crippen molar-refractivity contribution >= 4 is 18.0 Å². The monoisotopic (exact) mass is 342 g/mol. The fraction of sp³-hybridized carbons (Fsp3) is 0.824. The van der Waals surface area contributed by atoms with Crippen molar-refractivity contribution in [3.63, 3.8) is 0 Å². The molecular weight excluding hydrogens is 312 g/mol. The molecule has 24 heavy (non-hydrogen) atoms. The molecule has 0 aliphatic heterocycles. The van der Waals surface area contributed by atoms with Gasteiger partial charge in [-0.2, -0.15) is 0 Å². The number of likely N-dealkylation sites (N-methyl/N-ethyl adjacent to an activating group) is 2. The minimum atomic E-state index is -1.12. The molecule has 1 atom stereocenters. The average Bonchev–Trinajstić information content (AvgIpc) is 3.21. The zero-order valence-electron chi connectivity index (χ0n) is 15.8. The van der Waals surface area contributed by atoms with Gasteiger partial charge in [-0.25, -0.2) is 9.59 Å². The second-order valence-corrected chi connectivity index (χ2v) is 7.97. The molecular formula is C17H30N2O5. The first kappa shape index (κ1) is 20.3. The Bertz CT molecular complexity index is 506. The van der Waals surface area contributed by atoms with E-state index in [1.807, 2.05) is 13.8 Å². The molecule has 0 heterocycles. The molecule has 0 aromatic rings. The second-order valence-electron chi connectivity index (χ2n) is 7.97. The van der Waals surface area contributed by atoms with Crippen LogP contribution >= 0.6 is 0 Å². The Labute approximate surface area is 143 Å². The molecule has 0 saturated heterocycles. The van der Waals surface area contributed by atoms with Gasteiger partial charge < -0.3 is 14.7 Å². The Kier molecular flexibility index (Phi) is 5.90. The van der Waals surface area contributed by atoms with Crippen LogP contribution in [0.15, 0.2) is 0 Å². The summed E-state index contributed by atoms with van der Waals surface area (Å²) in [5, 5.41) is 9.39. The van der Waals surface area contributed by atoms with Crippen LogP contribution in [0.5, 0.6) is 0 Å². The van der Waals surface area contributed by atoms with Crippen LogP contribution in [-0.4, -0.2) is 64.2 Å². The second kappa shape index (κ2) is 6.99. The maximum absolute atomic E-state index is 12.9. The predicted octanol–water partition coefficient (Wildman–Crippen LogP) is 2.34. The molecule has 1 fully saturated rings. The molecule has 0 bridgehead atoms. The molecule has 0 aromatic heterocycles. The third-order valence-electron chi connectivity index (χ3n) is 4.22. The van der Waals surface area contributed by atoms with Gasteiger partial charge in [-0.1, -0.05) is 13.8 Å². The van der Waals surface area contributed by atoms with Gasteiger partial charge in [-0.3, -0.25) is 9.69 Å². The van der Waals surface area contributed by atoms with Gasteiger partial charge in [0.15, 0.2) is 0 Å². The fourth-order valence-corrected chi connectivity index (χ4v) is 2.58. The Morgan fingerprint density at radius 1 is 1.17 bits per heavy atom. The summed E-state index contributed by atoms with van der Waals surface area (Å²) < 4.78 is 5.34. The molecule has 1 unspecified atom stereocenters. The van der Waals surface area contributed by atoms with Gasteiger partial charge in [0, 0.05) is 14.1 Å². The van der Waals surface area contributed by atoms with E-state index in [2.05, 4.69) is 0 Å². The molecule has 0 aromatic carbocycles. The van der Waals surface area contributed by atoms with E-state index >= 15 is 0 Å². The molecule has 1 aliphatic rings. The van der Waals surface area contributed by atoms with Crippen molar-refractivity contribution in [2.45, 2.75) is 71.1 Å². The smallest absolute Gasteiger partial charge is 0.410 e. The van der Waals surface area contributed by atoms with Crippen molar-refractivity contribution in [2.24, 2.45) is 5.92 Å². The predicted molar refractivity (Wildman–Crippen MR) is 89.6 cm³/mol. The first-order valence-electron chi connectivity index (χ1n) is 8.28. The number of carboxylic acid groups (broad SMARTS) is 1. The van der Waals surface area contributed by atoms with Crippen LogP contribution in [0.3, 0.4) is 0 Å². The number of ether oxygens (including phenoxy) is 1. The third kappa shape index (κ3) is 4.61. The number of hydrogen-bond donors (Lipinski definition) is 1. The summed E-state index contributed by atoms with van der Waals surface area (Å²) in [5.74, 6) is -1.20. The Morgan fingerprint density at radius 3 is 2.00 bits per heavy atom. The van der Waals surface area contributed by atoms with Crippen LogP contribution in [0.4, 0.5) is 4.79 Å². The summed E-state index contributed by atoms with van der Waals surface area (Å²) >= 11 is 0. The first-order valence-corrected chi connectivity index (χ1v) is 8.28. The van der Waals surface area contributed by atoms with Crippen molar-refractivity contribution in [2.75, 3.05) is 14.1 Å². The number of amides is 2. The summed E-state index contributed by atoms with van der Waals surface area (Å²) in [6.45, 7) is 9.18. The minimum Gasteiger partial charge on any atom is -0.479 e. The molecule has 1 N–H and O–H groups in total. The largest absolute Gasteiger partial charge is 0.479 e. The molecule has 1 aliphatic carbocycles. The van der Waals surface area contributed by atoms with Gasteiger partial charge >= 0.3 is 12.1 Å². The molecule has 138 valence electrons. The van der Waals surface area contributed by atoms with E-state index < -0.39 is 29.2 Å². The van der Waals surface area contributed by atoms with Gasteiger partial charge in [0.2, 0.25) is 5.91 Å². The molecule has 1 saturated carbocycles. The molecule has 7 heteroatoms. The van der Waals surface area contributed by atoms with Crippen molar-refractivity contribution < 1.29 is 24.2 Å².